The highest BCUT2D eigenvalue weighted by molar-refractivity contribution is 6.00. The van der Waals surface area contributed by atoms with Crippen LogP contribution in [0.5, 0.6) is 0 Å². The Bertz CT molecular complexity index is 452. The van der Waals surface area contributed by atoms with Gasteiger partial charge in [-0.05, 0) is 13.3 Å². The summed E-state index contributed by atoms with van der Waals surface area (Å²) in [5.41, 5.74) is 1.30. The maximum atomic E-state index is 11.7. The van der Waals surface area contributed by atoms with Gasteiger partial charge in [0.05, 0.1) is 18.5 Å². The van der Waals surface area contributed by atoms with E-state index < -0.39 is 5.97 Å². The van der Waals surface area contributed by atoms with Crippen molar-refractivity contribution >= 4 is 17.6 Å². The van der Waals surface area contributed by atoms with Crippen molar-refractivity contribution in [2.75, 3.05) is 12.4 Å². The molecule has 0 atom stereocenters. The molecular formula is C12H19N3O3. The topological polar surface area (TPSA) is 73.2 Å². The molecule has 0 saturated carbocycles. The lowest BCUT2D eigenvalue weighted by atomic mass is 10.2. The normalized spacial score (nSPS) is 10.2. The van der Waals surface area contributed by atoms with Gasteiger partial charge in [-0.2, -0.15) is 5.10 Å². The standard InChI is InChI=1S/C12H19N3O3/c1-5-6-7-9(16)13-10-8(2)15(3)14-11(10)12(17)18-4/h5-7H2,1-4H3,(H,13,16). The molecule has 100 valence electrons. The zero-order valence-corrected chi connectivity index (χ0v) is 11.2. The maximum absolute atomic E-state index is 11.7. The molecule has 0 aromatic carbocycles. The maximum Gasteiger partial charge on any atom is 0.360 e. The van der Waals surface area contributed by atoms with Crippen molar-refractivity contribution in [3.63, 3.8) is 0 Å². The molecule has 18 heavy (non-hydrogen) atoms. The zero-order chi connectivity index (χ0) is 13.7. The number of nitrogens with one attached hydrogen (secondary N) is 1. The number of hydrogen-bond donors (Lipinski definition) is 1. The zero-order valence-electron chi connectivity index (χ0n) is 11.2. The van der Waals surface area contributed by atoms with Gasteiger partial charge < -0.3 is 10.1 Å². The molecule has 6 heteroatoms. The summed E-state index contributed by atoms with van der Waals surface area (Å²) in [7, 11) is 3.00. The third kappa shape index (κ3) is 3.09. The van der Waals surface area contributed by atoms with Gasteiger partial charge in [0.15, 0.2) is 5.69 Å². The fourth-order valence-electron chi connectivity index (χ4n) is 1.54. The van der Waals surface area contributed by atoms with Crippen LogP contribution in [0.15, 0.2) is 0 Å². The fraction of sp³-hybridized carbons (Fsp3) is 0.583. The number of aromatic nitrogens is 2. The van der Waals surface area contributed by atoms with Gasteiger partial charge in [-0.15, -0.1) is 0 Å². The SMILES string of the molecule is CCCCC(=O)Nc1c(C(=O)OC)nn(C)c1C. The average molecular weight is 253 g/mol. The molecule has 1 amide bonds. The number of methoxy groups -OCH3 is 1. The quantitative estimate of drug-likeness (QED) is 0.810. The van der Waals surface area contributed by atoms with E-state index in [0.717, 1.165) is 18.5 Å². The molecule has 0 aliphatic rings. The first-order chi connectivity index (χ1) is 8.51. The van der Waals surface area contributed by atoms with Crippen molar-refractivity contribution in [2.24, 2.45) is 7.05 Å². The molecule has 0 radical (unpaired) electrons. The molecule has 0 fully saturated rings. The second kappa shape index (κ2) is 6.18. The van der Waals surface area contributed by atoms with Crippen molar-refractivity contribution < 1.29 is 14.3 Å². The molecule has 0 spiro atoms. The molecule has 0 bridgehead atoms. The lowest BCUT2D eigenvalue weighted by molar-refractivity contribution is -0.116. The van der Waals surface area contributed by atoms with Gasteiger partial charge in [-0.25, -0.2) is 4.79 Å². The summed E-state index contributed by atoms with van der Waals surface area (Å²) in [5, 5.41) is 6.77. The second-order valence-electron chi connectivity index (χ2n) is 4.08. The Labute approximate surface area is 106 Å². The highest BCUT2D eigenvalue weighted by Crippen LogP contribution is 2.20. The molecule has 1 aromatic heterocycles. The minimum Gasteiger partial charge on any atom is -0.464 e. The first-order valence-corrected chi connectivity index (χ1v) is 5.93. The van der Waals surface area contributed by atoms with Crippen molar-refractivity contribution in [1.29, 1.82) is 0 Å². The number of anilines is 1. The minimum absolute atomic E-state index is 0.113. The Morgan fingerprint density at radius 3 is 2.67 bits per heavy atom. The van der Waals surface area contributed by atoms with E-state index in [9.17, 15) is 9.59 Å². The number of carbonyl (C=O) groups is 2. The number of hydrogen-bond acceptors (Lipinski definition) is 4. The van der Waals surface area contributed by atoms with Crippen LogP contribution in [0.2, 0.25) is 0 Å². The van der Waals surface area contributed by atoms with Crippen LogP contribution in [0.4, 0.5) is 5.69 Å². The van der Waals surface area contributed by atoms with Gasteiger partial charge in [0.25, 0.3) is 0 Å². The number of unbranched alkanes of at least 4 members (excludes halogenated alkanes) is 1. The molecule has 1 aromatic rings. The number of nitrogens with zero attached hydrogens (tertiary/aromatic N) is 2. The van der Waals surface area contributed by atoms with E-state index in [2.05, 4.69) is 15.2 Å². The van der Waals surface area contributed by atoms with Crippen LogP contribution in [-0.2, 0) is 16.6 Å². The fourth-order valence-corrected chi connectivity index (χ4v) is 1.54. The van der Waals surface area contributed by atoms with E-state index in [1.807, 2.05) is 6.92 Å². The Balaban J connectivity index is 2.93. The summed E-state index contributed by atoms with van der Waals surface area (Å²) in [6, 6.07) is 0. The van der Waals surface area contributed by atoms with Crippen LogP contribution in [0, 0.1) is 6.92 Å². The third-order valence-electron chi connectivity index (χ3n) is 2.73. The molecular weight excluding hydrogens is 234 g/mol. The molecule has 1 rings (SSSR count). The van der Waals surface area contributed by atoms with Gasteiger partial charge in [0.1, 0.15) is 0 Å². The molecule has 0 saturated heterocycles. The smallest absolute Gasteiger partial charge is 0.360 e. The molecule has 0 aliphatic heterocycles. The van der Waals surface area contributed by atoms with E-state index in [-0.39, 0.29) is 11.6 Å². The molecule has 1 N–H and O–H groups in total. The van der Waals surface area contributed by atoms with Gasteiger partial charge in [0, 0.05) is 13.5 Å². The predicted octanol–water partition coefficient (Wildman–Crippen LogP) is 1.64. The monoisotopic (exact) mass is 253 g/mol. The Morgan fingerprint density at radius 2 is 2.11 bits per heavy atom. The van der Waals surface area contributed by atoms with E-state index in [1.54, 1.807) is 18.7 Å². The lowest BCUT2D eigenvalue weighted by Crippen LogP contribution is -2.14. The van der Waals surface area contributed by atoms with Crippen molar-refractivity contribution in [2.45, 2.75) is 33.1 Å². The average Bonchev–Trinajstić information content (AvgIpc) is 2.63. The third-order valence-corrected chi connectivity index (χ3v) is 2.73. The highest BCUT2D eigenvalue weighted by Gasteiger charge is 2.21. The number of ether oxygens (including phenoxy) is 1. The predicted molar refractivity (Wildman–Crippen MR) is 67.4 cm³/mol. The summed E-state index contributed by atoms with van der Waals surface area (Å²) >= 11 is 0. The Kier molecular flexibility index (Phi) is 4.88. The van der Waals surface area contributed by atoms with Crippen LogP contribution in [-0.4, -0.2) is 28.8 Å². The first-order valence-electron chi connectivity index (χ1n) is 5.93. The van der Waals surface area contributed by atoms with Crippen LogP contribution < -0.4 is 5.32 Å². The Morgan fingerprint density at radius 1 is 1.44 bits per heavy atom. The summed E-state index contributed by atoms with van der Waals surface area (Å²) in [6.45, 7) is 3.80. The number of amides is 1. The van der Waals surface area contributed by atoms with E-state index in [1.165, 1.54) is 7.11 Å². The van der Waals surface area contributed by atoms with Crippen LogP contribution >= 0.6 is 0 Å². The van der Waals surface area contributed by atoms with Gasteiger partial charge in [-0.1, -0.05) is 13.3 Å². The first kappa shape index (κ1) is 14.2. The van der Waals surface area contributed by atoms with Crippen LogP contribution in [0.3, 0.4) is 0 Å². The highest BCUT2D eigenvalue weighted by atomic mass is 16.5. The van der Waals surface area contributed by atoms with Gasteiger partial charge in [0.2, 0.25) is 5.91 Å². The summed E-state index contributed by atoms with van der Waals surface area (Å²) in [5.74, 6) is -0.664. The summed E-state index contributed by atoms with van der Waals surface area (Å²) in [4.78, 5) is 23.2. The number of carbonyl (C=O) groups excluding carboxylic acids is 2. The molecule has 1 heterocycles. The second-order valence-corrected chi connectivity index (χ2v) is 4.08. The molecule has 0 aliphatic carbocycles. The van der Waals surface area contributed by atoms with Gasteiger partial charge in [-0.3, -0.25) is 9.48 Å². The van der Waals surface area contributed by atoms with Crippen molar-refractivity contribution in [3.05, 3.63) is 11.4 Å². The summed E-state index contributed by atoms with van der Waals surface area (Å²) < 4.78 is 6.19. The summed E-state index contributed by atoms with van der Waals surface area (Å²) in [6.07, 6.45) is 2.20. The molecule has 6 nitrogen and oxygen atoms in total. The molecule has 0 unspecified atom stereocenters. The van der Waals surface area contributed by atoms with Gasteiger partial charge >= 0.3 is 5.97 Å². The van der Waals surface area contributed by atoms with E-state index in [4.69, 9.17) is 0 Å². The Hall–Kier alpha value is -1.85. The van der Waals surface area contributed by atoms with E-state index >= 15 is 0 Å². The lowest BCUT2D eigenvalue weighted by Gasteiger charge is -2.05. The van der Waals surface area contributed by atoms with Crippen LogP contribution in [0.25, 0.3) is 0 Å². The van der Waals surface area contributed by atoms with Crippen LogP contribution in [0.1, 0.15) is 42.4 Å². The minimum atomic E-state index is -0.551. The van der Waals surface area contributed by atoms with Crippen molar-refractivity contribution in [3.8, 4) is 0 Å². The van der Waals surface area contributed by atoms with E-state index in [0.29, 0.717) is 12.1 Å². The van der Waals surface area contributed by atoms with Crippen molar-refractivity contribution in [1.82, 2.24) is 9.78 Å². The number of aryl methyl sites for hydroxylation is 1. The largest absolute Gasteiger partial charge is 0.464 e. The number of esters is 1. The number of rotatable bonds is 5.